The summed E-state index contributed by atoms with van der Waals surface area (Å²) in [6.45, 7) is 3.73. The van der Waals surface area contributed by atoms with Gasteiger partial charge in [-0.05, 0) is 61.1 Å². The van der Waals surface area contributed by atoms with Gasteiger partial charge in [0.15, 0.2) is 0 Å². The van der Waals surface area contributed by atoms with E-state index in [0.717, 1.165) is 37.2 Å². The van der Waals surface area contributed by atoms with Crippen molar-refractivity contribution >= 4 is 21.8 Å². The Morgan fingerprint density at radius 1 is 1.08 bits per heavy atom. The first-order chi connectivity index (χ1) is 12.1. The summed E-state index contributed by atoms with van der Waals surface area (Å²) < 4.78 is 33.4. The molecule has 7 heteroatoms. The molecule has 25 heavy (non-hydrogen) atoms. The molecule has 0 aromatic heterocycles. The fourth-order valence-corrected chi connectivity index (χ4v) is 6.64. The Bertz CT molecular complexity index is 717. The topological polar surface area (TPSA) is 49.9 Å². The summed E-state index contributed by atoms with van der Waals surface area (Å²) in [5, 5.41) is 0. The van der Waals surface area contributed by atoms with Crippen molar-refractivity contribution in [2.45, 2.75) is 36.6 Å². The summed E-state index contributed by atoms with van der Waals surface area (Å²) in [6, 6.07) is 5.94. The van der Waals surface area contributed by atoms with Crippen molar-refractivity contribution in [1.82, 2.24) is 9.21 Å². The highest BCUT2D eigenvalue weighted by Crippen LogP contribution is 2.29. The van der Waals surface area contributed by atoms with Crippen LogP contribution in [0.15, 0.2) is 23.1 Å². The van der Waals surface area contributed by atoms with Crippen LogP contribution in [0.4, 0.5) is 0 Å². The Kier molecular flexibility index (Phi) is 5.27. The standard InChI is InChI=1S/C18H26N2O3S2/c21-25(22,17-2-3-18-15(14-17)4-11-23-18)20-8-1-7-19(9-10-20)16-5-12-24-13-6-16/h2-3,14,16H,1,4-13H2. The fraction of sp³-hybridized carbons (Fsp3) is 0.667. The normalized spacial score (nSPS) is 23.8. The number of rotatable bonds is 3. The van der Waals surface area contributed by atoms with Crippen molar-refractivity contribution < 1.29 is 13.2 Å². The van der Waals surface area contributed by atoms with Gasteiger partial charge in [-0.25, -0.2) is 8.42 Å². The van der Waals surface area contributed by atoms with E-state index in [1.165, 1.54) is 24.3 Å². The van der Waals surface area contributed by atoms with Crippen LogP contribution in [0.25, 0.3) is 0 Å². The lowest BCUT2D eigenvalue weighted by Gasteiger charge is -2.33. The number of fused-ring (bicyclic) bond motifs is 1. The maximum absolute atomic E-state index is 13.1. The largest absolute Gasteiger partial charge is 0.493 e. The Morgan fingerprint density at radius 3 is 2.76 bits per heavy atom. The van der Waals surface area contributed by atoms with E-state index in [2.05, 4.69) is 4.90 Å². The van der Waals surface area contributed by atoms with Crippen molar-refractivity contribution in [3.63, 3.8) is 0 Å². The molecule has 2 fully saturated rings. The van der Waals surface area contributed by atoms with Crippen LogP contribution in [0.3, 0.4) is 0 Å². The molecule has 3 heterocycles. The third kappa shape index (κ3) is 3.70. The number of sulfonamides is 1. The summed E-state index contributed by atoms with van der Waals surface area (Å²) in [5.41, 5.74) is 1.01. The minimum atomic E-state index is -3.41. The SMILES string of the molecule is O=S(=O)(c1ccc2c(c1)CCO2)N1CCCN(C2CCSCC2)CC1. The first-order valence-corrected chi connectivity index (χ1v) is 11.8. The molecule has 0 radical (unpaired) electrons. The van der Waals surface area contributed by atoms with Gasteiger partial charge in [-0.2, -0.15) is 16.1 Å². The van der Waals surface area contributed by atoms with Gasteiger partial charge in [0.1, 0.15) is 5.75 Å². The van der Waals surface area contributed by atoms with Gasteiger partial charge < -0.3 is 4.74 Å². The molecule has 0 bridgehead atoms. The number of hydrogen-bond acceptors (Lipinski definition) is 5. The molecule has 0 saturated carbocycles. The van der Waals surface area contributed by atoms with E-state index in [-0.39, 0.29) is 0 Å². The van der Waals surface area contributed by atoms with E-state index < -0.39 is 10.0 Å². The number of benzene rings is 1. The molecule has 3 aliphatic heterocycles. The van der Waals surface area contributed by atoms with Crippen LogP contribution < -0.4 is 4.74 Å². The molecule has 0 unspecified atom stereocenters. The molecule has 4 rings (SSSR count). The number of nitrogens with zero attached hydrogens (tertiary/aromatic N) is 2. The van der Waals surface area contributed by atoms with Gasteiger partial charge in [0.2, 0.25) is 10.0 Å². The van der Waals surface area contributed by atoms with Crippen molar-refractivity contribution in [2.24, 2.45) is 0 Å². The Hall–Kier alpha value is -0.760. The van der Waals surface area contributed by atoms with Crippen LogP contribution >= 0.6 is 11.8 Å². The lowest BCUT2D eigenvalue weighted by molar-refractivity contribution is 0.195. The molecule has 3 aliphatic rings. The van der Waals surface area contributed by atoms with Crippen LogP contribution in [0.5, 0.6) is 5.75 Å². The van der Waals surface area contributed by atoms with Gasteiger partial charge in [0, 0.05) is 32.1 Å². The average Bonchev–Trinajstić information content (AvgIpc) is 2.96. The maximum atomic E-state index is 13.1. The van der Waals surface area contributed by atoms with E-state index >= 15 is 0 Å². The van der Waals surface area contributed by atoms with Crippen molar-refractivity contribution in [3.8, 4) is 5.75 Å². The minimum Gasteiger partial charge on any atom is -0.493 e. The Balaban J connectivity index is 1.47. The van der Waals surface area contributed by atoms with Gasteiger partial charge in [-0.15, -0.1) is 0 Å². The highest BCUT2D eigenvalue weighted by Gasteiger charge is 2.30. The van der Waals surface area contributed by atoms with E-state index in [1.807, 2.05) is 11.8 Å². The highest BCUT2D eigenvalue weighted by molar-refractivity contribution is 7.99. The van der Waals surface area contributed by atoms with Crippen LogP contribution in [0, 0.1) is 0 Å². The molecule has 0 amide bonds. The van der Waals surface area contributed by atoms with E-state index in [9.17, 15) is 8.42 Å². The molecule has 0 N–H and O–H groups in total. The summed E-state index contributed by atoms with van der Waals surface area (Å²) in [7, 11) is -3.41. The summed E-state index contributed by atoms with van der Waals surface area (Å²) in [6.07, 6.45) is 4.19. The van der Waals surface area contributed by atoms with Crippen molar-refractivity contribution in [2.75, 3.05) is 44.3 Å². The number of ether oxygens (including phenoxy) is 1. The van der Waals surface area contributed by atoms with Crippen LogP contribution in [-0.4, -0.2) is 68.0 Å². The first kappa shape index (κ1) is 17.6. The van der Waals surface area contributed by atoms with Crippen molar-refractivity contribution in [3.05, 3.63) is 23.8 Å². The molecule has 0 spiro atoms. The van der Waals surface area contributed by atoms with Gasteiger partial charge in [0.05, 0.1) is 11.5 Å². The zero-order valence-corrected chi connectivity index (χ0v) is 16.2. The molecular formula is C18H26N2O3S2. The predicted molar refractivity (Wildman–Crippen MR) is 101 cm³/mol. The molecule has 1 aromatic carbocycles. The van der Waals surface area contributed by atoms with Gasteiger partial charge in [-0.1, -0.05) is 0 Å². The van der Waals surface area contributed by atoms with Gasteiger partial charge in [0.25, 0.3) is 0 Å². The quantitative estimate of drug-likeness (QED) is 0.802. The lowest BCUT2D eigenvalue weighted by Crippen LogP contribution is -2.41. The zero-order valence-electron chi connectivity index (χ0n) is 14.5. The van der Waals surface area contributed by atoms with Gasteiger partial charge >= 0.3 is 0 Å². The molecule has 0 atom stereocenters. The van der Waals surface area contributed by atoms with Crippen LogP contribution in [0.1, 0.15) is 24.8 Å². The lowest BCUT2D eigenvalue weighted by atomic mass is 10.1. The highest BCUT2D eigenvalue weighted by atomic mass is 32.2. The van der Waals surface area contributed by atoms with Crippen LogP contribution in [0.2, 0.25) is 0 Å². The molecule has 2 saturated heterocycles. The third-order valence-electron chi connectivity index (χ3n) is 5.50. The van der Waals surface area contributed by atoms with Gasteiger partial charge in [-0.3, -0.25) is 4.90 Å². The van der Waals surface area contributed by atoms with Crippen molar-refractivity contribution in [1.29, 1.82) is 0 Å². The summed E-state index contributed by atoms with van der Waals surface area (Å²) in [4.78, 5) is 2.94. The fourth-order valence-electron chi connectivity index (χ4n) is 4.04. The second-order valence-electron chi connectivity index (χ2n) is 7.01. The van der Waals surface area contributed by atoms with E-state index in [4.69, 9.17) is 4.74 Å². The second kappa shape index (κ2) is 7.47. The first-order valence-electron chi connectivity index (χ1n) is 9.22. The summed E-state index contributed by atoms with van der Waals surface area (Å²) in [5.74, 6) is 3.30. The second-order valence-corrected chi connectivity index (χ2v) is 10.2. The van der Waals surface area contributed by atoms with E-state index in [1.54, 1.807) is 22.5 Å². The monoisotopic (exact) mass is 382 g/mol. The Morgan fingerprint density at radius 2 is 1.92 bits per heavy atom. The smallest absolute Gasteiger partial charge is 0.243 e. The summed E-state index contributed by atoms with van der Waals surface area (Å²) >= 11 is 2.04. The average molecular weight is 383 g/mol. The number of thioether (sulfide) groups is 1. The zero-order chi connectivity index (χ0) is 17.3. The van der Waals surface area contributed by atoms with Crippen LogP contribution in [-0.2, 0) is 16.4 Å². The number of hydrogen-bond donors (Lipinski definition) is 0. The molecular weight excluding hydrogens is 356 g/mol. The molecule has 5 nitrogen and oxygen atoms in total. The predicted octanol–water partition coefficient (Wildman–Crippen LogP) is 2.21. The Labute approximate surface area is 154 Å². The molecule has 0 aliphatic carbocycles. The third-order valence-corrected chi connectivity index (χ3v) is 8.44. The maximum Gasteiger partial charge on any atom is 0.243 e. The molecule has 138 valence electrons. The molecule has 1 aromatic rings. The minimum absolute atomic E-state index is 0.416. The van der Waals surface area contributed by atoms with E-state index in [0.29, 0.717) is 30.6 Å².